The molecule has 0 fully saturated rings. The van der Waals surface area contributed by atoms with Gasteiger partial charge < -0.3 is 13.9 Å². The van der Waals surface area contributed by atoms with Gasteiger partial charge in [-0.15, -0.1) is 0 Å². The largest absolute Gasteiger partial charge is 0.489 e. The zero-order valence-corrected chi connectivity index (χ0v) is 17.1. The number of hydrogen-bond donors (Lipinski definition) is 0. The number of hydrogen-bond acceptors (Lipinski definition) is 4. The molecular formula is C24H18ClFO4. The fourth-order valence-corrected chi connectivity index (χ4v) is 3.41. The number of benzene rings is 3. The molecule has 0 unspecified atom stereocenters. The molecule has 1 aromatic heterocycles. The highest BCUT2D eigenvalue weighted by Gasteiger charge is 2.12. The van der Waals surface area contributed by atoms with Crippen LogP contribution >= 0.6 is 11.6 Å². The van der Waals surface area contributed by atoms with E-state index in [-0.39, 0.29) is 28.4 Å². The zero-order valence-electron chi connectivity index (χ0n) is 16.4. The van der Waals surface area contributed by atoms with Gasteiger partial charge >= 0.3 is 0 Å². The molecule has 152 valence electrons. The molecule has 0 saturated carbocycles. The van der Waals surface area contributed by atoms with Crippen LogP contribution in [0.4, 0.5) is 4.39 Å². The Morgan fingerprint density at radius 1 is 1.00 bits per heavy atom. The molecular weight excluding hydrogens is 407 g/mol. The molecule has 0 aliphatic carbocycles. The fourth-order valence-electron chi connectivity index (χ4n) is 3.20. The summed E-state index contributed by atoms with van der Waals surface area (Å²) in [6.07, 6.45) is 1.28. The van der Waals surface area contributed by atoms with Crippen molar-refractivity contribution >= 4 is 22.6 Å². The Kier molecular flexibility index (Phi) is 5.46. The van der Waals surface area contributed by atoms with Crippen LogP contribution in [-0.2, 0) is 6.61 Å². The molecule has 3 aromatic carbocycles. The minimum Gasteiger partial charge on any atom is -0.489 e. The van der Waals surface area contributed by atoms with E-state index in [9.17, 15) is 9.18 Å². The van der Waals surface area contributed by atoms with Crippen LogP contribution in [0.1, 0.15) is 16.7 Å². The van der Waals surface area contributed by atoms with Gasteiger partial charge in [0.15, 0.2) is 0 Å². The smallest absolute Gasteiger partial charge is 0.235 e. The Hall–Kier alpha value is -3.31. The maximum Gasteiger partial charge on any atom is 0.235 e. The number of aryl methyl sites for hydroxylation is 2. The van der Waals surface area contributed by atoms with E-state index in [1.165, 1.54) is 18.4 Å². The second kappa shape index (κ2) is 8.20. The molecule has 4 rings (SSSR count). The lowest BCUT2D eigenvalue weighted by Crippen LogP contribution is -2.05. The lowest BCUT2D eigenvalue weighted by molar-refractivity contribution is 0.300. The Bertz CT molecular complexity index is 1260. The Morgan fingerprint density at radius 3 is 2.50 bits per heavy atom. The van der Waals surface area contributed by atoms with Gasteiger partial charge in [-0.25, -0.2) is 4.39 Å². The minimum absolute atomic E-state index is 0.0465. The molecule has 0 bridgehead atoms. The van der Waals surface area contributed by atoms with Crippen LogP contribution in [0.3, 0.4) is 0 Å². The molecule has 4 nitrogen and oxygen atoms in total. The van der Waals surface area contributed by atoms with Gasteiger partial charge in [-0.05, 0) is 61.4 Å². The molecule has 30 heavy (non-hydrogen) atoms. The van der Waals surface area contributed by atoms with E-state index in [1.807, 2.05) is 32.0 Å². The summed E-state index contributed by atoms with van der Waals surface area (Å²) in [4.78, 5) is 12.8. The van der Waals surface area contributed by atoms with Crippen molar-refractivity contribution in [3.8, 4) is 17.2 Å². The van der Waals surface area contributed by atoms with Crippen LogP contribution in [0.2, 0.25) is 5.02 Å². The van der Waals surface area contributed by atoms with Crippen LogP contribution < -0.4 is 14.9 Å². The monoisotopic (exact) mass is 424 g/mol. The summed E-state index contributed by atoms with van der Waals surface area (Å²) < 4.78 is 30.9. The van der Waals surface area contributed by atoms with Crippen molar-refractivity contribution < 1.29 is 18.3 Å². The second-order valence-corrected chi connectivity index (χ2v) is 7.41. The molecule has 0 amide bonds. The lowest BCUT2D eigenvalue weighted by Gasteiger charge is -2.10. The SMILES string of the molecule is Cc1cc(C)cc(Oc2coc3cc(OCc4c(F)cccc4Cl)ccc3c2=O)c1. The summed E-state index contributed by atoms with van der Waals surface area (Å²) in [5.41, 5.74) is 2.38. The molecule has 0 saturated heterocycles. The van der Waals surface area contributed by atoms with Crippen molar-refractivity contribution in [1.82, 2.24) is 0 Å². The summed E-state index contributed by atoms with van der Waals surface area (Å²) in [6.45, 7) is 3.87. The van der Waals surface area contributed by atoms with E-state index < -0.39 is 5.82 Å². The molecule has 1 heterocycles. The highest BCUT2D eigenvalue weighted by molar-refractivity contribution is 6.31. The summed E-state index contributed by atoms with van der Waals surface area (Å²) >= 11 is 6.02. The predicted molar refractivity (Wildman–Crippen MR) is 114 cm³/mol. The molecule has 0 N–H and O–H groups in total. The first kappa shape index (κ1) is 20.0. The van der Waals surface area contributed by atoms with Crippen molar-refractivity contribution in [1.29, 1.82) is 0 Å². The molecule has 0 spiro atoms. The first-order valence-corrected chi connectivity index (χ1v) is 9.66. The van der Waals surface area contributed by atoms with E-state index in [1.54, 1.807) is 24.3 Å². The van der Waals surface area contributed by atoms with Gasteiger partial charge in [0.1, 0.15) is 35.8 Å². The highest BCUT2D eigenvalue weighted by Crippen LogP contribution is 2.27. The normalized spacial score (nSPS) is 10.9. The van der Waals surface area contributed by atoms with Crippen LogP contribution in [0.15, 0.2) is 70.1 Å². The summed E-state index contributed by atoms with van der Waals surface area (Å²) in [5, 5.41) is 0.642. The highest BCUT2D eigenvalue weighted by atomic mass is 35.5. The zero-order chi connectivity index (χ0) is 21.3. The van der Waals surface area contributed by atoms with Crippen molar-refractivity contribution in [3.05, 3.63) is 98.6 Å². The number of ether oxygens (including phenoxy) is 2. The molecule has 6 heteroatoms. The fraction of sp³-hybridized carbons (Fsp3) is 0.125. The molecule has 0 atom stereocenters. The number of halogens is 2. The third-order valence-electron chi connectivity index (χ3n) is 4.58. The Labute approximate surface area is 177 Å². The van der Waals surface area contributed by atoms with Gasteiger partial charge in [0, 0.05) is 11.6 Å². The van der Waals surface area contributed by atoms with E-state index in [4.69, 9.17) is 25.5 Å². The first-order valence-electron chi connectivity index (χ1n) is 9.28. The van der Waals surface area contributed by atoms with Gasteiger partial charge in [0.2, 0.25) is 11.2 Å². The maximum atomic E-state index is 13.9. The molecule has 0 aliphatic heterocycles. The average molecular weight is 425 g/mol. The topological polar surface area (TPSA) is 48.7 Å². The van der Waals surface area contributed by atoms with Crippen molar-refractivity contribution in [2.24, 2.45) is 0 Å². The Morgan fingerprint density at radius 2 is 1.77 bits per heavy atom. The molecule has 4 aromatic rings. The first-order chi connectivity index (χ1) is 14.4. The van der Waals surface area contributed by atoms with Crippen molar-refractivity contribution in [2.45, 2.75) is 20.5 Å². The average Bonchev–Trinajstić information content (AvgIpc) is 2.69. The van der Waals surface area contributed by atoms with E-state index in [0.717, 1.165) is 11.1 Å². The third-order valence-corrected chi connectivity index (χ3v) is 4.94. The minimum atomic E-state index is -0.442. The standard InChI is InChI=1S/C24H18ClFO4/c1-14-8-15(2)10-17(9-14)30-23-13-29-22-11-16(6-7-18(22)24(23)27)28-12-19-20(25)4-3-5-21(19)26/h3-11,13H,12H2,1-2H3. The van der Waals surface area contributed by atoms with E-state index in [2.05, 4.69) is 0 Å². The second-order valence-electron chi connectivity index (χ2n) is 7.00. The van der Waals surface area contributed by atoms with Gasteiger partial charge in [-0.1, -0.05) is 23.7 Å². The lowest BCUT2D eigenvalue weighted by atomic mass is 10.1. The third kappa shape index (κ3) is 4.16. The van der Waals surface area contributed by atoms with E-state index in [0.29, 0.717) is 22.5 Å². The van der Waals surface area contributed by atoms with Crippen LogP contribution in [0, 0.1) is 19.7 Å². The van der Waals surface area contributed by atoms with Gasteiger partial charge in [-0.2, -0.15) is 0 Å². The Balaban J connectivity index is 1.58. The predicted octanol–water partition coefficient (Wildman–Crippen LogP) is 6.57. The van der Waals surface area contributed by atoms with Gasteiger partial charge in [-0.3, -0.25) is 4.79 Å². The maximum absolute atomic E-state index is 13.9. The molecule has 0 radical (unpaired) electrons. The van der Waals surface area contributed by atoms with Crippen LogP contribution in [-0.4, -0.2) is 0 Å². The van der Waals surface area contributed by atoms with Crippen LogP contribution in [0.5, 0.6) is 17.2 Å². The number of fused-ring (bicyclic) bond motifs is 1. The summed E-state index contributed by atoms with van der Waals surface area (Å²) in [6, 6.07) is 15.0. The van der Waals surface area contributed by atoms with Gasteiger partial charge in [0.05, 0.1) is 10.4 Å². The summed E-state index contributed by atoms with van der Waals surface area (Å²) in [7, 11) is 0. The quantitative estimate of drug-likeness (QED) is 0.363. The van der Waals surface area contributed by atoms with Crippen molar-refractivity contribution in [2.75, 3.05) is 0 Å². The van der Waals surface area contributed by atoms with Gasteiger partial charge in [0.25, 0.3) is 0 Å². The summed E-state index contributed by atoms with van der Waals surface area (Å²) in [5.74, 6) is 0.649. The molecule has 0 aliphatic rings. The van der Waals surface area contributed by atoms with E-state index >= 15 is 0 Å². The van der Waals surface area contributed by atoms with Crippen LogP contribution in [0.25, 0.3) is 11.0 Å². The number of rotatable bonds is 5. The van der Waals surface area contributed by atoms with Crippen molar-refractivity contribution in [3.63, 3.8) is 0 Å².